The third kappa shape index (κ3) is 4.42. The van der Waals surface area contributed by atoms with Gasteiger partial charge in [0, 0.05) is 5.56 Å². The zero-order valence-corrected chi connectivity index (χ0v) is 13.6. The molecule has 0 radical (unpaired) electrons. The molecular formula is C18H22FNO3. The van der Waals surface area contributed by atoms with Crippen molar-refractivity contribution >= 4 is 5.97 Å². The number of halogens is 1. The summed E-state index contributed by atoms with van der Waals surface area (Å²) in [5.74, 6) is 0.397. The van der Waals surface area contributed by atoms with Crippen LogP contribution in [0.4, 0.5) is 4.39 Å². The minimum Gasteiger partial charge on any atom is -0.481 e. The van der Waals surface area contributed by atoms with Gasteiger partial charge in [-0.1, -0.05) is 0 Å². The maximum absolute atomic E-state index is 13.1. The minimum absolute atomic E-state index is 0.263. The highest BCUT2D eigenvalue weighted by molar-refractivity contribution is 5.73. The Morgan fingerprint density at radius 1 is 1.30 bits per heavy atom. The molecule has 23 heavy (non-hydrogen) atoms. The molecule has 1 aromatic heterocycles. The Kier molecular flexibility index (Phi) is 5.21. The molecule has 0 fully saturated rings. The lowest BCUT2D eigenvalue weighted by Gasteiger charge is -2.18. The molecule has 0 bridgehead atoms. The van der Waals surface area contributed by atoms with E-state index in [2.05, 4.69) is 5.32 Å². The first kappa shape index (κ1) is 17.2. The van der Waals surface area contributed by atoms with E-state index >= 15 is 0 Å². The summed E-state index contributed by atoms with van der Waals surface area (Å²) >= 11 is 0. The van der Waals surface area contributed by atoms with E-state index in [9.17, 15) is 9.18 Å². The van der Waals surface area contributed by atoms with Gasteiger partial charge in [0.1, 0.15) is 17.3 Å². The summed E-state index contributed by atoms with van der Waals surface area (Å²) in [6.07, 6.45) is 0.535. The van der Waals surface area contributed by atoms with Crippen LogP contribution in [0.2, 0.25) is 0 Å². The second-order valence-electron chi connectivity index (χ2n) is 6.34. The third-order valence-electron chi connectivity index (χ3n) is 3.92. The second kappa shape index (κ2) is 6.96. The number of hydrogen-bond acceptors (Lipinski definition) is 3. The smallest absolute Gasteiger partial charge is 0.309 e. The number of furan rings is 1. The molecule has 2 N–H and O–H groups in total. The van der Waals surface area contributed by atoms with Gasteiger partial charge < -0.3 is 14.8 Å². The molecule has 0 atom stereocenters. The van der Waals surface area contributed by atoms with Crippen molar-refractivity contribution in [3.05, 3.63) is 47.5 Å². The quantitative estimate of drug-likeness (QED) is 0.758. The van der Waals surface area contributed by atoms with Crippen LogP contribution in [0.25, 0.3) is 11.3 Å². The Labute approximate surface area is 135 Å². The van der Waals surface area contributed by atoms with Gasteiger partial charge in [-0.05, 0) is 69.6 Å². The molecule has 124 valence electrons. The van der Waals surface area contributed by atoms with Crippen LogP contribution in [0.15, 0.2) is 34.7 Å². The summed E-state index contributed by atoms with van der Waals surface area (Å²) in [6, 6.07) is 8.32. The first-order valence-corrected chi connectivity index (χ1v) is 7.59. The lowest BCUT2D eigenvalue weighted by atomic mass is 9.90. The summed E-state index contributed by atoms with van der Waals surface area (Å²) in [5, 5.41) is 12.2. The number of carboxylic acid groups (broad SMARTS) is 1. The van der Waals surface area contributed by atoms with E-state index in [0.717, 1.165) is 16.9 Å². The summed E-state index contributed by atoms with van der Waals surface area (Å²) < 4.78 is 18.9. The van der Waals surface area contributed by atoms with Gasteiger partial charge in [0.2, 0.25) is 0 Å². The fraction of sp³-hybridized carbons (Fsp3) is 0.389. The largest absolute Gasteiger partial charge is 0.481 e. The molecule has 4 nitrogen and oxygen atoms in total. The van der Waals surface area contributed by atoms with Gasteiger partial charge >= 0.3 is 5.97 Å². The van der Waals surface area contributed by atoms with E-state index in [4.69, 9.17) is 9.52 Å². The van der Waals surface area contributed by atoms with Crippen molar-refractivity contribution in [3.63, 3.8) is 0 Å². The van der Waals surface area contributed by atoms with Crippen LogP contribution >= 0.6 is 0 Å². The minimum atomic E-state index is -0.800. The summed E-state index contributed by atoms with van der Waals surface area (Å²) in [4.78, 5) is 11.0. The molecule has 0 aliphatic heterocycles. The third-order valence-corrected chi connectivity index (χ3v) is 3.92. The fourth-order valence-corrected chi connectivity index (χ4v) is 2.24. The lowest BCUT2D eigenvalue weighted by Crippen LogP contribution is -2.28. The van der Waals surface area contributed by atoms with E-state index < -0.39 is 11.4 Å². The van der Waals surface area contributed by atoms with Crippen molar-refractivity contribution in [1.82, 2.24) is 5.32 Å². The summed E-state index contributed by atoms with van der Waals surface area (Å²) in [7, 11) is 0. The molecule has 2 aromatic rings. The number of carbonyl (C=O) groups is 1. The molecule has 5 heteroatoms. The molecule has 1 heterocycles. The summed E-state index contributed by atoms with van der Waals surface area (Å²) in [6.45, 7) is 6.37. The van der Waals surface area contributed by atoms with Gasteiger partial charge in [0.15, 0.2) is 0 Å². The van der Waals surface area contributed by atoms with Crippen molar-refractivity contribution < 1.29 is 18.7 Å². The Balaban J connectivity index is 1.92. The maximum atomic E-state index is 13.1. The monoisotopic (exact) mass is 319 g/mol. The summed E-state index contributed by atoms with van der Waals surface area (Å²) in [5.41, 5.74) is 0.943. The lowest BCUT2D eigenvalue weighted by molar-refractivity contribution is -0.147. The van der Waals surface area contributed by atoms with Gasteiger partial charge in [-0.15, -0.1) is 0 Å². The molecule has 0 unspecified atom stereocenters. The molecule has 0 saturated carbocycles. The van der Waals surface area contributed by atoms with Crippen molar-refractivity contribution in [2.75, 3.05) is 6.54 Å². The highest BCUT2D eigenvalue weighted by Crippen LogP contribution is 2.26. The van der Waals surface area contributed by atoms with E-state index in [1.165, 1.54) is 12.1 Å². The van der Waals surface area contributed by atoms with Gasteiger partial charge in [-0.25, -0.2) is 4.39 Å². The van der Waals surface area contributed by atoms with Gasteiger partial charge in [0.05, 0.1) is 12.0 Å². The number of hydrogen-bond donors (Lipinski definition) is 2. The number of benzene rings is 1. The SMILES string of the molecule is Cc1cc(F)ccc1-c1ccc(CNCCC(C)(C)C(=O)O)o1. The van der Waals surface area contributed by atoms with Crippen LogP contribution in [0.3, 0.4) is 0 Å². The Bertz CT molecular complexity index is 691. The number of rotatable bonds is 7. The van der Waals surface area contributed by atoms with Crippen LogP contribution in [0.5, 0.6) is 0 Å². The predicted molar refractivity (Wildman–Crippen MR) is 86.6 cm³/mol. The number of nitrogens with one attached hydrogen (secondary N) is 1. The fourth-order valence-electron chi connectivity index (χ4n) is 2.24. The average molecular weight is 319 g/mol. The topological polar surface area (TPSA) is 62.5 Å². The highest BCUT2D eigenvalue weighted by Gasteiger charge is 2.26. The zero-order chi connectivity index (χ0) is 17.0. The molecule has 2 rings (SSSR count). The molecule has 0 aliphatic carbocycles. The second-order valence-corrected chi connectivity index (χ2v) is 6.34. The number of carboxylic acids is 1. The van der Waals surface area contributed by atoms with E-state index in [1.807, 2.05) is 19.1 Å². The normalized spacial score (nSPS) is 11.7. The first-order chi connectivity index (χ1) is 10.8. The number of aryl methyl sites for hydroxylation is 1. The Morgan fingerprint density at radius 2 is 2.04 bits per heavy atom. The van der Waals surface area contributed by atoms with Crippen LogP contribution in [-0.4, -0.2) is 17.6 Å². The van der Waals surface area contributed by atoms with Crippen LogP contribution in [0, 0.1) is 18.2 Å². The van der Waals surface area contributed by atoms with E-state index in [-0.39, 0.29) is 5.82 Å². The molecule has 0 amide bonds. The molecule has 1 aromatic carbocycles. The standard InChI is InChI=1S/C18H22FNO3/c1-12-10-13(19)4-6-15(12)16-7-5-14(23-16)11-20-9-8-18(2,3)17(21)22/h4-7,10,20H,8-9,11H2,1-3H3,(H,21,22). The average Bonchev–Trinajstić information content (AvgIpc) is 2.92. The Morgan fingerprint density at radius 3 is 2.70 bits per heavy atom. The van der Waals surface area contributed by atoms with E-state index in [1.54, 1.807) is 19.9 Å². The van der Waals surface area contributed by atoms with Crippen molar-refractivity contribution in [2.24, 2.45) is 5.41 Å². The number of aliphatic carboxylic acids is 1. The van der Waals surface area contributed by atoms with Crippen molar-refractivity contribution in [2.45, 2.75) is 33.7 Å². The van der Waals surface area contributed by atoms with Gasteiger partial charge in [-0.2, -0.15) is 0 Å². The highest BCUT2D eigenvalue weighted by atomic mass is 19.1. The predicted octanol–water partition coefficient (Wildman–Crippen LogP) is 3.98. The zero-order valence-electron chi connectivity index (χ0n) is 13.6. The van der Waals surface area contributed by atoms with Gasteiger partial charge in [0.25, 0.3) is 0 Å². The molecule has 0 saturated heterocycles. The first-order valence-electron chi connectivity index (χ1n) is 7.59. The van der Waals surface area contributed by atoms with E-state index in [0.29, 0.717) is 25.3 Å². The van der Waals surface area contributed by atoms with Crippen LogP contribution in [0.1, 0.15) is 31.6 Å². The van der Waals surface area contributed by atoms with Crippen LogP contribution in [-0.2, 0) is 11.3 Å². The molecular weight excluding hydrogens is 297 g/mol. The van der Waals surface area contributed by atoms with Gasteiger partial charge in [-0.3, -0.25) is 4.79 Å². The van der Waals surface area contributed by atoms with Crippen LogP contribution < -0.4 is 5.32 Å². The molecule has 0 spiro atoms. The Hall–Kier alpha value is -2.14. The molecule has 0 aliphatic rings. The van der Waals surface area contributed by atoms with Crippen molar-refractivity contribution in [3.8, 4) is 11.3 Å². The van der Waals surface area contributed by atoms with Crippen molar-refractivity contribution in [1.29, 1.82) is 0 Å². The maximum Gasteiger partial charge on any atom is 0.309 e.